The summed E-state index contributed by atoms with van der Waals surface area (Å²) >= 11 is 0. The summed E-state index contributed by atoms with van der Waals surface area (Å²) in [5.74, 6) is -0.148. The van der Waals surface area contributed by atoms with Gasteiger partial charge in [0.25, 0.3) is 0 Å². The van der Waals surface area contributed by atoms with Gasteiger partial charge in [0.1, 0.15) is 0 Å². The van der Waals surface area contributed by atoms with Crippen LogP contribution in [-0.4, -0.2) is 36.6 Å². The topological polar surface area (TPSA) is 61.4 Å². The van der Waals surface area contributed by atoms with Crippen molar-refractivity contribution < 1.29 is 9.59 Å². The van der Waals surface area contributed by atoms with Gasteiger partial charge in [-0.15, -0.1) is 0 Å². The lowest BCUT2D eigenvalue weighted by atomic mass is 10.2. The van der Waals surface area contributed by atoms with Gasteiger partial charge in [-0.1, -0.05) is 6.92 Å². The molecule has 0 bridgehead atoms. The number of urea groups is 1. The van der Waals surface area contributed by atoms with Crippen molar-refractivity contribution in [3.05, 3.63) is 0 Å². The molecule has 0 aromatic rings. The molecule has 1 heterocycles. The van der Waals surface area contributed by atoms with Crippen molar-refractivity contribution in [1.29, 1.82) is 0 Å². The monoisotopic (exact) mass is 171 g/mol. The standard InChI is InChI=1S/C7H13N3O2/c1-3-8-5-4-6(11)10(2)7(12)9-5/h5,8H,3-4H2,1-2H3,(H,9,12). The number of nitrogens with zero attached hydrogens (tertiary/aromatic N) is 1. The van der Waals surface area contributed by atoms with Gasteiger partial charge in [-0.3, -0.25) is 15.0 Å². The molecule has 1 atom stereocenters. The number of rotatable bonds is 2. The van der Waals surface area contributed by atoms with Gasteiger partial charge in [0.15, 0.2) is 0 Å². The SMILES string of the molecule is CCNC1CC(=O)N(C)C(=O)N1. The van der Waals surface area contributed by atoms with E-state index in [4.69, 9.17) is 0 Å². The molecule has 1 unspecified atom stereocenters. The second-order valence-corrected chi connectivity index (χ2v) is 2.72. The third-order valence-electron chi connectivity index (χ3n) is 1.81. The van der Waals surface area contributed by atoms with Crippen LogP contribution in [0.25, 0.3) is 0 Å². The lowest BCUT2D eigenvalue weighted by molar-refractivity contribution is -0.129. The maximum atomic E-state index is 11.1. The summed E-state index contributed by atoms with van der Waals surface area (Å²) in [4.78, 5) is 23.2. The average Bonchev–Trinajstić information content (AvgIpc) is 2.01. The van der Waals surface area contributed by atoms with Crippen molar-refractivity contribution in [3.8, 4) is 0 Å². The Kier molecular flexibility index (Phi) is 2.65. The Bertz CT molecular complexity index is 187. The third kappa shape index (κ3) is 1.73. The number of carbonyl (C=O) groups is 2. The predicted molar refractivity (Wildman–Crippen MR) is 43.4 cm³/mol. The highest BCUT2D eigenvalue weighted by atomic mass is 16.2. The van der Waals surface area contributed by atoms with E-state index in [9.17, 15) is 9.59 Å². The molecule has 0 spiro atoms. The minimum atomic E-state index is -0.336. The van der Waals surface area contributed by atoms with Crippen molar-refractivity contribution in [2.75, 3.05) is 13.6 Å². The number of carbonyl (C=O) groups excluding carboxylic acids is 2. The summed E-state index contributed by atoms with van der Waals surface area (Å²) in [6, 6.07) is -0.336. The van der Waals surface area contributed by atoms with Crippen LogP contribution in [0.3, 0.4) is 0 Å². The zero-order chi connectivity index (χ0) is 9.14. The van der Waals surface area contributed by atoms with E-state index in [-0.39, 0.29) is 18.1 Å². The second-order valence-electron chi connectivity index (χ2n) is 2.72. The van der Waals surface area contributed by atoms with E-state index in [1.54, 1.807) is 0 Å². The smallest absolute Gasteiger partial charge is 0.322 e. The van der Waals surface area contributed by atoms with Gasteiger partial charge in [0, 0.05) is 7.05 Å². The number of imide groups is 1. The first-order chi connectivity index (χ1) is 5.65. The van der Waals surface area contributed by atoms with Crippen LogP contribution in [-0.2, 0) is 4.79 Å². The van der Waals surface area contributed by atoms with Crippen LogP contribution >= 0.6 is 0 Å². The van der Waals surface area contributed by atoms with Crippen molar-refractivity contribution in [2.24, 2.45) is 0 Å². The Hall–Kier alpha value is -1.10. The minimum absolute atomic E-state index is 0.148. The first-order valence-corrected chi connectivity index (χ1v) is 3.95. The van der Waals surface area contributed by atoms with Gasteiger partial charge >= 0.3 is 6.03 Å². The molecule has 1 aliphatic rings. The highest BCUT2D eigenvalue weighted by molar-refractivity contribution is 5.96. The molecule has 0 aliphatic carbocycles. The molecule has 1 rings (SSSR count). The lowest BCUT2D eigenvalue weighted by Gasteiger charge is -2.28. The molecular formula is C7H13N3O2. The maximum Gasteiger partial charge on any atom is 0.325 e. The van der Waals surface area contributed by atoms with Crippen molar-refractivity contribution >= 4 is 11.9 Å². The summed E-state index contributed by atoms with van der Waals surface area (Å²) in [5, 5.41) is 5.64. The molecule has 1 aliphatic heterocycles. The van der Waals surface area contributed by atoms with E-state index in [0.29, 0.717) is 6.42 Å². The van der Waals surface area contributed by atoms with Crippen LogP contribution in [0.1, 0.15) is 13.3 Å². The molecule has 5 heteroatoms. The average molecular weight is 171 g/mol. The Labute approximate surface area is 71.1 Å². The first-order valence-electron chi connectivity index (χ1n) is 3.95. The van der Waals surface area contributed by atoms with Crippen LogP contribution < -0.4 is 10.6 Å². The van der Waals surface area contributed by atoms with Crippen LogP contribution in [0.4, 0.5) is 4.79 Å². The third-order valence-corrected chi connectivity index (χ3v) is 1.81. The molecule has 5 nitrogen and oxygen atoms in total. The Morgan fingerprint density at radius 3 is 2.83 bits per heavy atom. The highest BCUT2D eigenvalue weighted by Crippen LogP contribution is 2.02. The minimum Gasteiger partial charge on any atom is -0.322 e. The summed E-state index contributed by atoms with van der Waals surface area (Å²) in [7, 11) is 1.47. The van der Waals surface area contributed by atoms with E-state index in [0.717, 1.165) is 11.4 Å². The van der Waals surface area contributed by atoms with Crippen LogP contribution in [0.5, 0.6) is 0 Å². The zero-order valence-electron chi connectivity index (χ0n) is 7.26. The van der Waals surface area contributed by atoms with Crippen LogP contribution in [0, 0.1) is 0 Å². The second kappa shape index (κ2) is 3.53. The van der Waals surface area contributed by atoms with E-state index < -0.39 is 0 Å². The number of hydrogen-bond acceptors (Lipinski definition) is 3. The molecule has 1 fully saturated rings. The molecule has 0 aromatic heterocycles. The largest absolute Gasteiger partial charge is 0.325 e. The molecule has 2 N–H and O–H groups in total. The van der Waals surface area contributed by atoms with E-state index in [2.05, 4.69) is 10.6 Å². The van der Waals surface area contributed by atoms with Crippen LogP contribution in [0.2, 0.25) is 0 Å². The first kappa shape index (κ1) is 8.99. The predicted octanol–water partition coefficient (Wildman–Crippen LogP) is -0.506. The van der Waals surface area contributed by atoms with Gasteiger partial charge < -0.3 is 5.32 Å². The fourth-order valence-corrected chi connectivity index (χ4v) is 1.09. The summed E-state index contributed by atoms with van der Waals surface area (Å²) < 4.78 is 0. The van der Waals surface area contributed by atoms with Gasteiger partial charge in [0.2, 0.25) is 5.91 Å². The van der Waals surface area contributed by atoms with Crippen molar-refractivity contribution in [3.63, 3.8) is 0 Å². The van der Waals surface area contributed by atoms with Gasteiger partial charge in [-0.25, -0.2) is 4.79 Å². The van der Waals surface area contributed by atoms with E-state index >= 15 is 0 Å². The van der Waals surface area contributed by atoms with Gasteiger partial charge in [-0.05, 0) is 6.54 Å². The molecule has 0 radical (unpaired) electrons. The highest BCUT2D eigenvalue weighted by Gasteiger charge is 2.27. The Morgan fingerprint density at radius 1 is 1.67 bits per heavy atom. The maximum absolute atomic E-state index is 11.1. The fraction of sp³-hybridized carbons (Fsp3) is 0.714. The molecular weight excluding hydrogens is 158 g/mol. The molecule has 0 saturated carbocycles. The molecule has 1 saturated heterocycles. The molecule has 0 aromatic carbocycles. The van der Waals surface area contributed by atoms with Crippen LogP contribution in [0.15, 0.2) is 0 Å². The van der Waals surface area contributed by atoms with Gasteiger partial charge in [-0.2, -0.15) is 0 Å². The van der Waals surface area contributed by atoms with E-state index in [1.807, 2.05) is 6.92 Å². The Morgan fingerprint density at radius 2 is 2.33 bits per heavy atom. The van der Waals surface area contributed by atoms with Gasteiger partial charge in [0.05, 0.1) is 12.6 Å². The quantitative estimate of drug-likeness (QED) is 0.588. The number of amides is 3. The fourth-order valence-electron chi connectivity index (χ4n) is 1.09. The number of hydrogen-bond donors (Lipinski definition) is 2. The van der Waals surface area contributed by atoms with Crippen molar-refractivity contribution in [1.82, 2.24) is 15.5 Å². The lowest BCUT2D eigenvalue weighted by Crippen LogP contribution is -2.57. The van der Waals surface area contributed by atoms with E-state index in [1.165, 1.54) is 7.05 Å². The molecule has 3 amide bonds. The summed E-state index contributed by atoms with van der Waals surface area (Å²) in [5.41, 5.74) is 0. The van der Waals surface area contributed by atoms with Crippen molar-refractivity contribution in [2.45, 2.75) is 19.5 Å². The number of nitrogens with one attached hydrogen (secondary N) is 2. The normalized spacial score (nSPS) is 24.2. The summed E-state index contributed by atoms with van der Waals surface area (Å²) in [6.45, 7) is 2.66. The zero-order valence-corrected chi connectivity index (χ0v) is 7.26. The Balaban J connectivity index is 2.54. The molecule has 68 valence electrons. The summed E-state index contributed by atoms with van der Waals surface area (Å²) in [6.07, 6.45) is 0.127. The molecule has 12 heavy (non-hydrogen) atoms.